The van der Waals surface area contributed by atoms with E-state index < -0.39 is 11.9 Å². The summed E-state index contributed by atoms with van der Waals surface area (Å²) in [5.41, 5.74) is 0.718. The highest BCUT2D eigenvalue weighted by atomic mass is 32.2. The number of nitrogens with zero attached hydrogens (tertiary/aromatic N) is 2. The van der Waals surface area contributed by atoms with Crippen LogP contribution in [-0.4, -0.2) is 44.6 Å². The van der Waals surface area contributed by atoms with E-state index in [-0.39, 0.29) is 10.1 Å². The number of nitrogens with one attached hydrogen (secondary N) is 1. The van der Waals surface area contributed by atoms with Crippen LogP contribution in [0, 0.1) is 0 Å². The minimum atomic E-state index is -0.610. The van der Waals surface area contributed by atoms with Gasteiger partial charge in [-0.2, -0.15) is 5.10 Å². The topological polar surface area (TPSA) is 98.6 Å². The molecule has 1 saturated heterocycles. The van der Waals surface area contributed by atoms with Gasteiger partial charge < -0.3 is 14.2 Å². The second-order valence-corrected chi connectivity index (χ2v) is 5.41. The van der Waals surface area contributed by atoms with Gasteiger partial charge in [0, 0.05) is 17.7 Å². The van der Waals surface area contributed by atoms with Gasteiger partial charge in [0.05, 0.1) is 32.4 Å². The van der Waals surface area contributed by atoms with Crippen LogP contribution in [0.25, 0.3) is 0 Å². The first kappa shape index (κ1) is 17.5. The molecule has 0 aromatic heterocycles. The molecule has 0 aliphatic carbocycles. The highest BCUT2D eigenvalue weighted by Gasteiger charge is 2.24. The number of ether oxygens (including phenoxy) is 3. The van der Waals surface area contributed by atoms with E-state index in [0.29, 0.717) is 11.5 Å². The molecule has 1 aliphatic rings. The second kappa shape index (κ2) is 8.16. The van der Waals surface area contributed by atoms with Crippen molar-refractivity contribution in [3.63, 3.8) is 0 Å². The highest BCUT2D eigenvalue weighted by Crippen LogP contribution is 2.24. The first-order valence-electron chi connectivity index (χ1n) is 6.68. The molecular formula is C15H15N3O5S. The van der Waals surface area contributed by atoms with Gasteiger partial charge in [-0.05, 0) is 23.9 Å². The minimum absolute atomic E-state index is 0.193. The Morgan fingerprint density at radius 2 is 1.83 bits per heavy atom. The summed E-state index contributed by atoms with van der Waals surface area (Å²) in [6.07, 6.45) is 2.59. The molecule has 1 aromatic rings. The Bertz CT molecular complexity index is 720. The number of rotatable bonds is 5. The molecule has 8 nitrogen and oxygen atoms in total. The molecule has 2 rings (SSSR count). The van der Waals surface area contributed by atoms with Crippen molar-refractivity contribution in [3.8, 4) is 11.5 Å². The first-order valence-corrected chi connectivity index (χ1v) is 7.50. The smallest absolute Gasteiger partial charge is 0.331 e. The molecule has 1 fully saturated rings. The highest BCUT2D eigenvalue weighted by molar-refractivity contribution is 8.18. The molecule has 0 spiro atoms. The van der Waals surface area contributed by atoms with Gasteiger partial charge in [0.15, 0.2) is 5.17 Å². The van der Waals surface area contributed by atoms with Crippen molar-refractivity contribution in [3.05, 3.63) is 34.7 Å². The van der Waals surface area contributed by atoms with Crippen LogP contribution >= 0.6 is 11.8 Å². The van der Waals surface area contributed by atoms with Crippen LogP contribution in [0.3, 0.4) is 0 Å². The number of carbonyl (C=O) groups is 2. The Balaban J connectivity index is 2.11. The lowest BCUT2D eigenvalue weighted by molar-refractivity contribution is -0.135. The van der Waals surface area contributed by atoms with E-state index in [1.165, 1.54) is 13.3 Å². The average molecular weight is 349 g/mol. The number of hydrogen-bond acceptors (Lipinski definition) is 8. The maximum absolute atomic E-state index is 11.7. The van der Waals surface area contributed by atoms with Gasteiger partial charge in [-0.1, -0.05) is 0 Å². The number of carbonyl (C=O) groups excluding carboxylic acids is 2. The van der Waals surface area contributed by atoms with Crippen LogP contribution in [0.1, 0.15) is 5.56 Å². The third-order valence-corrected chi connectivity index (χ3v) is 3.73. The quantitative estimate of drug-likeness (QED) is 0.372. The van der Waals surface area contributed by atoms with Crippen molar-refractivity contribution in [1.29, 1.82) is 0 Å². The van der Waals surface area contributed by atoms with E-state index in [1.54, 1.807) is 32.4 Å². The normalized spacial score (nSPS) is 17.4. The van der Waals surface area contributed by atoms with E-state index in [0.717, 1.165) is 23.4 Å². The van der Waals surface area contributed by atoms with Crippen molar-refractivity contribution in [2.75, 3.05) is 21.3 Å². The third kappa shape index (κ3) is 4.59. The molecule has 1 heterocycles. The summed E-state index contributed by atoms with van der Waals surface area (Å²) in [4.78, 5) is 23.0. The zero-order chi connectivity index (χ0) is 17.5. The minimum Gasteiger partial charge on any atom is -0.497 e. The van der Waals surface area contributed by atoms with Gasteiger partial charge in [0.2, 0.25) is 0 Å². The summed E-state index contributed by atoms with van der Waals surface area (Å²) in [6.45, 7) is 0. The fraction of sp³-hybridized carbons (Fsp3) is 0.200. The van der Waals surface area contributed by atoms with E-state index in [1.807, 2.05) is 0 Å². The van der Waals surface area contributed by atoms with Gasteiger partial charge in [0.25, 0.3) is 5.91 Å². The molecule has 1 aromatic carbocycles. The summed E-state index contributed by atoms with van der Waals surface area (Å²) < 4.78 is 14.8. The number of benzene rings is 1. The zero-order valence-corrected chi connectivity index (χ0v) is 14.0. The van der Waals surface area contributed by atoms with Gasteiger partial charge in [-0.3, -0.25) is 10.1 Å². The lowest BCUT2D eigenvalue weighted by atomic mass is 10.2. The number of methoxy groups -OCH3 is 3. The van der Waals surface area contributed by atoms with Gasteiger partial charge in [0.1, 0.15) is 11.5 Å². The van der Waals surface area contributed by atoms with Crippen LogP contribution in [0.4, 0.5) is 0 Å². The van der Waals surface area contributed by atoms with Gasteiger partial charge in [-0.15, -0.1) is 5.10 Å². The lowest BCUT2D eigenvalue weighted by Crippen LogP contribution is -2.19. The fourth-order valence-corrected chi connectivity index (χ4v) is 2.43. The SMILES string of the molecule is COC(=O)/C=C1/S/C(=N\N=Cc2cc(OC)cc(OC)c2)NC1=O. The molecule has 1 aliphatic heterocycles. The molecule has 9 heteroatoms. The zero-order valence-electron chi connectivity index (χ0n) is 13.2. The molecule has 1 N–H and O–H groups in total. The van der Waals surface area contributed by atoms with Crippen molar-refractivity contribution < 1.29 is 23.8 Å². The Kier molecular flexibility index (Phi) is 5.96. The number of amides is 1. The standard InChI is InChI=1S/C15H15N3O5S/c1-21-10-4-9(5-11(6-10)22-2)8-16-18-15-17-14(20)12(24-15)7-13(19)23-3/h4-8H,1-3H3,(H,17,18,20)/b12-7+,16-8?. The fourth-order valence-electron chi connectivity index (χ4n) is 1.69. The molecule has 0 radical (unpaired) electrons. The third-order valence-electron chi connectivity index (χ3n) is 2.83. The predicted molar refractivity (Wildman–Crippen MR) is 90.4 cm³/mol. The Labute approximate surface area is 142 Å². The molecular weight excluding hydrogens is 334 g/mol. The number of esters is 1. The molecule has 0 bridgehead atoms. The number of hydrogen-bond donors (Lipinski definition) is 1. The average Bonchev–Trinajstić information content (AvgIpc) is 2.93. The van der Waals surface area contributed by atoms with E-state index >= 15 is 0 Å². The Morgan fingerprint density at radius 1 is 1.17 bits per heavy atom. The second-order valence-electron chi connectivity index (χ2n) is 4.38. The van der Waals surface area contributed by atoms with Crippen LogP contribution in [0.5, 0.6) is 11.5 Å². The summed E-state index contributed by atoms with van der Waals surface area (Å²) in [7, 11) is 4.34. The number of thioether (sulfide) groups is 1. The van der Waals surface area contributed by atoms with Crippen molar-refractivity contribution >= 4 is 35.0 Å². The monoisotopic (exact) mass is 349 g/mol. The first-order chi connectivity index (χ1) is 11.5. The summed E-state index contributed by atoms with van der Waals surface area (Å²) in [5, 5.41) is 10.6. The van der Waals surface area contributed by atoms with Crippen LogP contribution in [-0.2, 0) is 14.3 Å². The van der Waals surface area contributed by atoms with E-state index in [9.17, 15) is 9.59 Å². The maximum atomic E-state index is 11.7. The molecule has 0 atom stereocenters. The van der Waals surface area contributed by atoms with Crippen LogP contribution in [0.2, 0.25) is 0 Å². The molecule has 0 saturated carbocycles. The van der Waals surface area contributed by atoms with E-state index in [2.05, 4.69) is 20.3 Å². The van der Waals surface area contributed by atoms with Crippen LogP contribution < -0.4 is 14.8 Å². The van der Waals surface area contributed by atoms with Crippen molar-refractivity contribution in [1.82, 2.24) is 5.32 Å². The Hall–Kier alpha value is -2.81. The predicted octanol–water partition coefficient (Wildman–Crippen LogP) is 1.31. The van der Waals surface area contributed by atoms with Crippen molar-refractivity contribution in [2.45, 2.75) is 0 Å². The molecule has 0 unspecified atom stereocenters. The van der Waals surface area contributed by atoms with E-state index in [4.69, 9.17) is 9.47 Å². The maximum Gasteiger partial charge on any atom is 0.331 e. The van der Waals surface area contributed by atoms with Crippen molar-refractivity contribution in [2.24, 2.45) is 10.2 Å². The number of amidine groups is 1. The molecule has 126 valence electrons. The molecule has 24 heavy (non-hydrogen) atoms. The lowest BCUT2D eigenvalue weighted by Gasteiger charge is -2.04. The summed E-state index contributed by atoms with van der Waals surface area (Å²) in [5.74, 6) is 0.203. The summed E-state index contributed by atoms with van der Waals surface area (Å²) in [6, 6.07) is 5.25. The summed E-state index contributed by atoms with van der Waals surface area (Å²) >= 11 is 0.999. The molecule has 1 amide bonds. The van der Waals surface area contributed by atoms with Crippen LogP contribution in [0.15, 0.2) is 39.4 Å². The van der Waals surface area contributed by atoms with Gasteiger partial charge >= 0.3 is 5.97 Å². The van der Waals surface area contributed by atoms with Gasteiger partial charge in [-0.25, -0.2) is 4.79 Å². The Morgan fingerprint density at radius 3 is 2.42 bits per heavy atom. The largest absolute Gasteiger partial charge is 0.497 e.